The molecule has 1 unspecified atom stereocenters. The molecule has 0 radical (unpaired) electrons. The fourth-order valence-corrected chi connectivity index (χ4v) is 1.73. The number of amidine groups is 1. The molecule has 0 saturated carbocycles. The summed E-state index contributed by atoms with van der Waals surface area (Å²) in [4.78, 5) is 11.5. The lowest BCUT2D eigenvalue weighted by molar-refractivity contribution is -0.121. The minimum absolute atomic E-state index is 0.0109. The first-order chi connectivity index (χ1) is 7.24. The highest BCUT2D eigenvalue weighted by Crippen LogP contribution is 2.25. The van der Waals surface area contributed by atoms with Gasteiger partial charge in [0.05, 0.1) is 6.54 Å². The largest absolute Gasteiger partial charge is 0.409 e. The molecule has 5 heteroatoms. The van der Waals surface area contributed by atoms with Crippen LogP contribution in [-0.4, -0.2) is 23.5 Å². The summed E-state index contributed by atoms with van der Waals surface area (Å²) in [7, 11) is 0. The van der Waals surface area contributed by atoms with E-state index in [9.17, 15) is 4.79 Å². The minimum atomic E-state index is -0.0663. The van der Waals surface area contributed by atoms with Crippen molar-refractivity contribution in [1.82, 2.24) is 5.32 Å². The van der Waals surface area contributed by atoms with E-state index in [0.717, 1.165) is 6.42 Å². The highest BCUT2D eigenvalue weighted by Gasteiger charge is 2.17. The van der Waals surface area contributed by atoms with Crippen LogP contribution in [0.25, 0.3) is 0 Å². The van der Waals surface area contributed by atoms with Crippen molar-refractivity contribution in [1.29, 1.82) is 0 Å². The minimum Gasteiger partial charge on any atom is -0.409 e. The third-order valence-electron chi connectivity index (χ3n) is 2.09. The molecule has 5 nitrogen and oxygen atoms in total. The van der Waals surface area contributed by atoms with Gasteiger partial charge < -0.3 is 16.3 Å². The molecule has 0 aliphatic heterocycles. The fraction of sp³-hybridized carbons (Fsp3) is 0.818. The van der Waals surface area contributed by atoms with E-state index in [1.54, 1.807) is 0 Å². The maximum Gasteiger partial charge on any atom is 0.220 e. The highest BCUT2D eigenvalue weighted by molar-refractivity contribution is 5.86. The second-order valence-electron chi connectivity index (χ2n) is 5.44. The number of hydrogen-bond donors (Lipinski definition) is 3. The van der Waals surface area contributed by atoms with Gasteiger partial charge in [0.2, 0.25) is 5.91 Å². The van der Waals surface area contributed by atoms with Crippen LogP contribution in [0.5, 0.6) is 0 Å². The molecule has 94 valence electrons. The van der Waals surface area contributed by atoms with E-state index in [-0.39, 0.29) is 23.7 Å². The zero-order valence-corrected chi connectivity index (χ0v) is 10.6. The summed E-state index contributed by atoms with van der Waals surface area (Å²) in [6.07, 6.45) is 1.46. The predicted octanol–water partition coefficient (Wildman–Crippen LogP) is 1.31. The van der Waals surface area contributed by atoms with Crippen LogP contribution < -0.4 is 11.1 Å². The Labute approximate surface area is 97.1 Å². The summed E-state index contributed by atoms with van der Waals surface area (Å²) in [6, 6.07) is 0. The van der Waals surface area contributed by atoms with Crippen LogP contribution in [0.3, 0.4) is 0 Å². The summed E-state index contributed by atoms with van der Waals surface area (Å²) in [5, 5.41) is 13.7. The Kier molecular flexibility index (Phi) is 5.85. The summed E-state index contributed by atoms with van der Waals surface area (Å²) >= 11 is 0. The summed E-state index contributed by atoms with van der Waals surface area (Å²) in [6.45, 7) is 8.60. The lowest BCUT2D eigenvalue weighted by Gasteiger charge is -2.22. The van der Waals surface area contributed by atoms with Crippen LogP contribution in [-0.2, 0) is 4.79 Å². The Morgan fingerprint density at radius 1 is 1.50 bits per heavy atom. The average Bonchev–Trinajstić information content (AvgIpc) is 2.10. The van der Waals surface area contributed by atoms with E-state index in [1.165, 1.54) is 0 Å². The van der Waals surface area contributed by atoms with Gasteiger partial charge in [-0.3, -0.25) is 4.79 Å². The second-order valence-corrected chi connectivity index (χ2v) is 5.44. The molecule has 0 saturated heterocycles. The molecule has 4 N–H and O–H groups in total. The van der Waals surface area contributed by atoms with Crippen LogP contribution in [0.4, 0.5) is 0 Å². The average molecular weight is 229 g/mol. The molecule has 0 bridgehead atoms. The quantitative estimate of drug-likeness (QED) is 0.287. The lowest BCUT2D eigenvalue weighted by Crippen LogP contribution is -2.34. The molecule has 0 rings (SSSR count). The van der Waals surface area contributed by atoms with Crippen molar-refractivity contribution in [3.8, 4) is 0 Å². The Morgan fingerprint density at radius 2 is 2.06 bits per heavy atom. The van der Waals surface area contributed by atoms with Crippen molar-refractivity contribution in [3.05, 3.63) is 0 Å². The zero-order valence-electron chi connectivity index (χ0n) is 10.6. The molecular weight excluding hydrogens is 206 g/mol. The van der Waals surface area contributed by atoms with E-state index in [4.69, 9.17) is 10.9 Å². The van der Waals surface area contributed by atoms with Crippen LogP contribution in [0.1, 0.15) is 40.5 Å². The smallest absolute Gasteiger partial charge is 0.220 e. The van der Waals surface area contributed by atoms with Crippen molar-refractivity contribution in [2.45, 2.75) is 40.5 Å². The van der Waals surface area contributed by atoms with Crippen LogP contribution in [0, 0.1) is 11.3 Å². The SMILES string of the molecule is CC(CC(=O)NC/C(N)=N/O)CC(C)(C)C. The van der Waals surface area contributed by atoms with Gasteiger partial charge >= 0.3 is 0 Å². The fourth-order valence-electron chi connectivity index (χ4n) is 1.73. The summed E-state index contributed by atoms with van der Waals surface area (Å²) in [5.74, 6) is 0.271. The molecule has 0 aliphatic rings. The van der Waals surface area contributed by atoms with Crippen LogP contribution in [0.15, 0.2) is 5.16 Å². The number of nitrogens with one attached hydrogen (secondary N) is 1. The normalized spacial score (nSPS) is 14.6. The third-order valence-corrected chi connectivity index (χ3v) is 2.09. The van der Waals surface area contributed by atoms with Crippen LogP contribution >= 0.6 is 0 Å². The van der Waals surface area contributed by atoms with E-state index in [2.05, 4.69) is 31.2 Å². The standard InChI is InChI=1S/C11H23N3O2/c1-8(6-11(2,3)4)5-10(15)13-7-9(12)14-16/h8,16H,5-7H2,1-4H3,(H2,12,14)(H,13,15). The first-order valence-corrected chi connectivity index (χ1v) is 5.47. The molecule has 0 aliphatic carbocycles. The third kappa shape index (κ3) is 8.08. The molecule has 1 atom stereocenters. The number of rotatable bonds is 5. The summed E-state index contributed by atoms with van der Waals surface area (Å²) < 4.78 is 0. The molecule has 0 heterocycles. The van der Waals surface area contributed by atoms with Gasteiger partial charge in [0.1, 0.15) is 0 Å². The molecule has 0 fully saturated rings. The first-order valence-electron chi connectivity index (χ1n) is 5.47. The topological polar surface area (TPSA) is 87.7 Å². The van der Waals surface area contributed by atoms with Gasteiger partial charge in [0.25, 0.3) is 0 Å². The predicted molar refractivity (Wildman–Crippen MR) is 64.3 cm³/mol. The number of carbonyl (C=O) groups excluding carboxylic acids is 1. The number of carbonyl (C=O) groups is 1. The Hall–Kier alpha value is -1.26. The van der Waals surface area contributed by atoms with Crippen molar-refractivity contribution in [2.75, 3.05) is 6.54 Å². The number of nitrogens with two attached hydrogens (primary N) is 1. The number of amides is 1. The Bertz CT molecular complexity index is 256. The first kappa shape index (κ1) is 14.7. The summed E-state index contributed by atoms with van der Waals surface area (Å²) in [5.41, 5.74) is 5.47. The number of oxime groups is 1. The molecule has 0 aromatic rings. The molecule has 0 aromatic carbocycles. The van der Waals surface area contributed by atoms with Gasteiger partial charge in [0.15, 0.2) is 5.84 Å². The maximum absolute atomic E-state index is 11.5. The van der Waals surface area contributed by atoms with Crippen molar-refractivity contribution in [3.63, 3.8) is 0 Å². The molecule has 0 spiro atoms. The van der Waals surface area contributed by atoms with Gasteiger partial charge in [-0.15, -0.1) is 0 Å². The molecule has 1 amide bonds. The molecular formula is C11H23N3O2. The van der Waals surface area contributed by atoms with Crippen molar-refractivity contribution >= 4 is 11.7 Å². The highest BCUT2D eigenvalue weighted by atomic mass is 16.4. The molecule has 16 heavy (non-hydrogen) atoms. The molecule has 0 aromatic heterocycles. The Balaban J connectivity index is 3.88. The van der Waals surface area contributed by atoms with E-state index in [0.29, 0.717) is 12.3 Å². The van der Waals surface area contributed by atoms with Gasteiger partial charge in [-0.05, 0) is 17.8 Å². The lowest BCUT2D eigenvalue weighted by atomic mass is 9.84. The van der Waals surface area contributed by atoms with Crippen molar-refractivity contribution < 1.29 is 10.0 Å². The van der Waals surface area contributed by atoms with Gasteiger partial charge in [0, 0.05) is 6.42 Å². The van der Waals surface area contributed by atoms with E-state index < -0.39 is 0 Å². The van der Waals surface area contributed by atoms with Gasteiger partial charge in [-0.25, -0.2) is 0 Å². The van der Waals surface area contributed by atoms with Crippen molar-refractivity contribution in [2.24, 2.45) is 22.2 Å². The second kappa shape index (κ2) is 6.35. The van der Waals surface area contributed by atoms with Crippen LogP contribution in [0.2, 0.25) is 0 Å². The van der Waals surface area contributed by atoms with E-state index in [1.807, 2.05) is 6.92 Å². The van der Waals surface area contributed by atoms with E-state index >= 15 is 0 Å². The monoisotopic (exact) mass is 229 g/mol. The zero-order chi connectivity index (χ0) is 12.8. The maximum atomic E-state index is 11.5. The van der Waals surface area contributed by atoms with Gasteiger partial charge in [-0.2, -0.15) is 0 Å². The Morgan fingerprint density at radius 3 is 2.50 bits per heavy atom. The number of hydrogen-bond acceptors (Lipinski definition) is 3. The van der Waals surface area contributed by atoms with Gasteiger partial charge in [-0.1, -0.05) is 32.9 Å². The number of nitrogens with zero attached hydrogens (tertiary/aromatic N) is 1.